The normalized spacial score (nSPS) is 18.6. The molecule has 2 unspecified atom stereocenters. The van der Waals surface area contributed by atoms with E-state index in [0.717, 1.165) is 10.9 Å². The first-order valence-corrected chi connectivity index (χ1v) is 10.5. The second-order valence-electron chi connectivity index (χ2n) is 7.86. The largest absolute Gasteiger partial charge is 0.453 e. The summed E-state index contributed by atoms with van der Waals surface area (Å²) in [5.41, 5.74) is 1.32. The molecule has 0 aliphatic carbocycles. The zero-order chi connectivity index (χ0) is 22.1. The molecular formula is C25H21N3O4. The number of benzene rings is 2. The van der Waals surface area contributed by atoms with Gasteiger partial charge in [0.05, 0.1) is 12.4 Å². The Morgan fingerprint density at radius 1 is 1.00 bits per heavy atom. The van der Waals surface area contributed by atoms with Gasteiger partial charge in [-0.05, 0) is 24.1 Å². The van der Waals surface area contributed by atoms with Crippen molar-refractivity contribution in [2.75, 3.05) is 6.54 Å². The molecule has 1 amide bonds. The van der Waals surface area contributed by atoms with Crippen LogP contribution in [-0.4, -0.2) is 38.5 Å². The number of Topliss-reactive ketones (excluding diaryl/α,β-unsaturated/α-hetero) is 2. The van der Waals surface area contributed by atoms with Crippen LogP contribution in [0.5, 0.6) is 0 Å². The van der Waals surface area contributed by atoms with Crippen LogP contribution in [0.25, 0.3) is 11.0 Å². The predicted molar refractivity (Wildman–Crippen MR) is 117 cm³/mol. The summed E-state index contributed by atoms with van der Waals surface area (Å²) in [5, 5.41) is 0.779. The minimum Gasteiger partial charge on any atom is -0.453 e. The average molecular weight is 427 g/mol. The fraction of sp³-hybridized carbons (Fsp3) is 0.200. The van der Waals surface area contributed by atoms with E-state index in [-0.39, 0.29) is 5.76 Å². The Bertz CT molecular complexity index is 1240. The lowest BCUT2D eigenvalue weighted by Crippen LogP contribution is -2.32. The summed E-state index contributed by atoms with van der Waals surface area (Å²) >= 11 is 0. The van der Waals surface area contributed by atoms with E-state index in [0.29, 0.717) is 25.1 Å². The molecule has 2 aromatic heterocycles. The number of para-hydroxylation sites is 1. The van der Waals surface area contributed by atoms with Gasteiger partial charge in [-0.2, -0.15) is 0 Å². The quantitative estimate of drug-likeness (QED) is 0.255. The van der Waals surface area contributed by atoms with Crippen LogP contribution in [0.2, 0.25) is 0 Å². The van der Waals surface area contributed by atoms with Gasteiger partial charge in [0.1, 0.15) is 11.5 Å². The first kappa shape index (κ1) is 19.9. The molecule has 7 heteroatoms. The third kappa shape index (κ3) is 3.51. The van der Waals surface area contributed by atoms with E-state index in [9.17, 15) is 14.4 Å². The lowest BCUT2D eigenvalue weighted by Gasteiger charge is -2.27. The molecule has 7 nitrogen and oxygen atoms in total. The van der Waals surface area contributed by atoms with E-state index in [2.05, 4.69) is 4.98 Å². The lowest BCUT2D eigenvalue weighted by molar-refractivity contribution is -0.140. The molecular weight excluding hydrogens is 406 g/mol. The fourth-order valence-corrected chi connectivity index (χ4v) is 4.35. The average Bonchev–Trinajstić information content (AvgIpc) is 3.54. The minimum atomic E-state index is -1.14. The first-order valence-electron chi connectivity index (χ1n) is 10.5. The predicted octanol–water partition coefficient (Wildman–Crippen LogP) is 3.67. The highest BCUT2D eigenvalue weighted by atomic mass is 16.3. The SMILES string of the molecule is O=C1C(=O)N(CCCn2ccnc2)C(c2ccccc2)C1C(=O)c1cc2ccccc2o1. The number of furan rings is 1. The minimum absolute atomic E-state index is 0.0959. The standard InChI is InChI=1S/C25H21N3O4/c29-23(20-15-18-9-4-5-10-19(18)32-20)21-22(17-7-2-1-3-8-17)28(25(31)24(21)30)13-6-12-27-14-11-26-16-27/h1-5,7-11,14-16,21-22H,6,12-13H2. The summed E-state index contributed by atoms with van der Waals surface area (Å²) in [6.45, 7) is 1.01. The molecule has 1 fully saturated rings. The van der Waals surface area contributed by atoms with Crippen LogP contribution in [0.3, 0.4) is 0 Å². The van der Waals surface area contributed by atoms with E-state index < -0.39 is 29.4 Å². The number of likely N-dealkylation sites (tertiary alicyclic amines) is 1. The number of carbonyl (C=O) groups is 3. The van der Waals surface area contributed by atoms with Crippen LogP contribution in [-0.2, 0) is 16.1 Å². The van der Waals surface area contributed by atoms with Crippen LogP contribution in [0, 0.1) is 5.92 Å². The molecule has 160 valence electrons. The molecule has 3 heterocycles. The Kier molecular flexibility index (Phi) is 5.15. The Morgan fingerprint density at radius 2 is 1.78 bits per heavy atom. The lowest BCUT2D eigenvalue weighted by atomic mass is 9.88. The van der Waals surface area contributed by atoms with E-state index >= 15 is 0 Å². The number of hydrogen-bond acceptors (Lipinski definition) is 5. The van der Waals surface area contributed by atoms with Gasteiger partial charge in [-0.25, -0.2) is 4.98 Å². The molecule has 0 radical (unpaired) electrons. The maximum Gasteiger partial charge on any atom is 0.291 e. The van der Waals surface area contributed by atoms with E-state index in [4.69, 9.17) is 4.42 Å². The van der Waals surface area contributed by atoms with E-state index in [1.165, 1.54) is 4.90 Å². The number of amides is 1. The van der Waals surface area contributed by atoms with Crippen molar-refractivity contribution in [2.45, 2.75) is 19.0 Å². The second kappa shape index (κ2) is 8.26. The second-order valence-corrected chi connectivity index (χ2v) is 7.86. The number of hydrogen-bond donors (Lipinski definition) is 0. The Hall–Kier alpha value is -4.00. The summed E-state index contributed by atoms with van der Waals surface area (Å²) < 4.78 is 7.65. The number of aryl methyl sites for hydroxylation is 1. The molecule has 0 N–H and O–H groups in total. The van der Waals surface area contributed by atoms with Crippen LogP contribution >= 0.6 is 0 Å². The topological polar surface area (TPSA) is 85.4 Å². The van der Waals surface area contributed by atoms with Crippen LogP contribution in [0.15, 0.2) is 83.8 Å². The fourth-order valence-electron chi connectivity index (χ4n) is 4.35. The van der Waals surface area contributed by atoms with Crippen molar-refractivity contribution in [3.8, 4) is 0 Å². The van der Waals surface area contributed by atoms with Gasteiger partial charge in [0.15, 0.2) is 5.76 Å². The Labute approximate surface area is 184 Å². The molecule has 2 aromatic carbocycles. The molecule has 32 heavy (non-hydrogen) atoms. The van der Waals surface area contributed by atoms with Crippen LogP contribution in [0.4, 0.5) is 0 Å². The summed E-state index contributed by atoms with van der Waals surface area (Å²) in [4.78, 5) is 45.0. The smallest absolute Gasteiger partial charge is 0.291 e. The van der Waals surface area contributed by atoms with Crippen molar-refractivity contribution >= 4 is 28.4 Å². The van der Waals surface area contributed by atoms with E-state index in [1.807, 2.05) is 59.3 Å². The summed E-state index contributed by atoms with van der Waals surface area (Å²) in [7, 11) is 0. The monoisotopic (exact) mass is 427 g/mol. The number of nitrogens with zero attached hydrogens (tertiary/aromatic N) is 3. The van der Waals surface area contributed by atoms with E-state index in [1.54, 1.807) is 24.7 Å². The van der Waals surface area contributed by atoms with Crippen molar-refractivity contribution < 1.29 is 18.8 Å². The van der Waals surface area contributed by atoms with Gasteiger partial charge in [0.25, 0.3) is 5.91 Å². The molecule has 1 aliphatic heterocycles. The van der Waals surface area contributed by atoms with Crippen molar-refractivity contribution in [1.82, 2.24) is 14.5 Å². The number of fused-ring (bicyclic) bond motifs is 1. The van der Waals surface area contributed by atoms with Gasteiger partial charge >= 0.3 is 0 Å². The molecule has 5 rings (SSSR count). The first-order chi connectivity index (χ1) is 15.6. The maximum absolute atomic E-state index is 13.5. The maximum atomic E-state index is 13.5. The third-order valence-corrected chi connectivity index (χ3v) is 5.87. The highest BCUT2D eigenvalue weighted by Crippen LogP contribution is 2.38. The summed E-state index contributed by atoms with van der Waals surface area (Å²) in [6, 6.07) is 17.5. The zero-order valence-corrected chi connectivity index (χ0v) is 17.3. The summed E-state index contributed by atoms with van der Waals surface area (Å²) in [5.74, 6) is -2.83. The Morgan fingerprint density at radius 3 is 2.53 bits per heavy atom. The van der Waals surface area contributed by atoms with Gasteiger partial charge in [-0.3, -0.25) is 14.4 Å². The van der Waals surface area contributed by atoms with Gasteiger partial charge in [0, 0.05) is 30.9 Å². The number of imidazole rings is 1. The molecule has 4 aromatic rings. The van der Waals surface area contributed by atoms with Gasteiger partial charge in [0.2, 0.25) is 11.6 Å². The van der Waals surface area contributed by atoms with Crippen molar-refractivity contribution in [3.63, 3.8) is 0 Å². The molecule has 1 aliphatic rings. The van der Waals surface area contributed by atoms with Gasteiger partial charge in [-0.15, -0.1) is 0 Å². The Balaban J connectivity index is 1.47. The highest BCUT2D eigenvalue weighted by Gasteiger charge is 2.52. The number of rotatable bonds is 7. The number of ketones is 2. The van der Waals surface area contributed by atoms with Crippen molar-refractivity contribution in [3.05, 3.63) is 90.7 Å². The number of aromatic nitrogens is 2. The molecule has 2 atom stereocenters. The van der Waals surface area contributed by atoms with Crippen molar-refractivity contribution in [2.24, 2.45) is 5.92 Å². The van der Waals surface area contributed by atoms with Crippen LogP contribution in [0.1, 0.15) is 28.6 Å². The third-order valence-electron chi connectivity index (χ3n) is 5.87. The highest BCUT2D eigenvalue weighted by molar-refractivity contribution is 6.43. The van der Waals surface area contributed by atoms with Gasteiger partial charge in [-0.1, -0.05) is 48.5 Å². The summed E-state index contributed by atoms with van der Waals surface area (Å²) in [6.07, 6.45) is 5.88. The molecule has 0 bridgehead atoms. The van der Waals surface area contributed by atoms with Crippen LogP contribution < -0.4 is 0 Å². The molecule has 0 saturated carbocycles. The molecule has 0 spiro atoms. The van der Waals surface area contributed by atoms with Gasteiger partial charge < -0.3 is 13.9 Å². The zero-order valence-electron chi connectivity index (χ0n) is 17.3. The van der Waals surface area contributed by atoms with Crippen molar-refractivity contribution in [1.29, 1.82) is 0 Å². The molecule has 1 saturated heterocycles. The number of carbonyl (C=O) groups excluding carboxylic acids is 3.